The number of hydrogen-bond acceptors (Lipinski definition) is 3. The van der Waals surface area contributed by atoms with Crippen LogP contribution in [0.1, 0.15) is 61.6 Å². The fourth-order valence-electron chi connectivity index (χ4n) is 5.98. The van der Waals surface area contributed by atoms with Crippen LogP contribution < -0.4 is 0 Å². The van der Waals surface area contributed by atoms with Gasteiger partial charge in [-0.25, -0.2) is 0 Å². The van der Waals surface area contributed by atoms with Gasteiger partial charge in [0, 0.05) is 55.5 Å². The number of nitrogens with zero attached hydrogens (tertiary/aromatic N) is 2. The van der Waals surface area contributed by atoms with Crippen LogP contribution >= 0.6 is 11.6 Å². The summed E-state index contributed by atoms with van der Waals surface area (Å²) >= 11 is 6.81. The van der Waals surface area contributed by atoms with Crippen molar-refractivity contribution < 1.29 is 9.59 Å². The molecular formula is C29H35ClN2O2. The highest BCUT2D eigenvalue weighted by Gasteiger charge is 2.43. The Morgan fingerprint density at radius 2 is 1.71 bits per heavy atom. The first-order valence-corrected chi connectivity index (χ1v) is 13.3. The minimum Gasteiger partial charge on any atom is -0.337 e. The van der Waals surface area contributed by atoms with Gasteiger partial charge in [-0.2, -0.15) is 0 Å². The Bertz CT molecular complexity index is 1030. The number of rotatable bonds is 7. The predicted molar refractivity (Wildman–Crippen MR) is 136 cm³/mol. The van der Waals surface area contributed by atoms with E-state index in [1.807, 2.05) is 30.3 Å². The summed E-state index contributed by atoms with van der Waals surface area (Å²) in [6.45, 7) is 5.43. The van der Waals surface area contributed by atoms with Crippen LogP contribution in [0.25, 0.3) is 0 Å². The zero-order valence-corrected chi connectivity index (χ0v) is 20.8. The van der Waals surface area contributed by atoms with Crippen molar-refractivity contribution in [1.29, 1.82) is 0 Å². The van der Waals surface area contributed by atoms with Crippen molar-refractivity contribution >= 4 is 23.3 Å². The summed E-state index contributed by atoms with van der Waals surface area (Å²) in [4.78, 5) is 30.4. The molecule has 0 bridgehead atoms. The summed E-state index contributed by atoms with van der Waals surface area (Å²) in [6.07, 6.45) is 5.84. The molecule has 0 radical (unpaired) electrons. The molecule has 5 heteroatoms. The monoisotopic (exact) mass is 478 g/mol. The number of carbonyl (C=O) groups is 2. The Labute approximate surface area is 208 Å². The second kappa shape index (κ2) is 10.2. The van der Waals surface area contributed by atoms with Crippen LogP contribution in [0.3, 0.4) is 0 Å². The van der Waals surface area contributed by atoms with E-state index in [1.54, 1.807) is 0 Å². The zero-order chi connectivity index (χ0) is 23.7. The maximum absolute atomic E-state index is 13.0. The van der Waals surface area contributed by atoms with Crippen molar-refractivity contribution in [3.63, 3.8) is 0 Å². The van der Waals surface area contributed by atoms with Gasteiger partial charge in [0.1, 0.15) is 5.78 Å². The van der Waals surface area contributed by atoms with Gasteiger partial charge in [-0.15, -0.1) is 0 Å². The summed E-state index contributed by atoms with van der Waals surface area (Å²) in [5.41, 5.74) is 3.27. The van der Waals surface area contributed by atoms with Gasteiger partial charge in [-0.05, 0) is 48.8 Å². The smallest absolute Gasteiger partial charge is 0.226 e. The van der Waals surface area contributed by atoms with Crippen LogP contribution in [0.5, 0.6) is 0 Å². The van der Waals surface area contributed by atoms with E-state index >= 15 is 0 Å². The Hall–Kier alpha value is -2.17. The molecule has 1 saturated heterocycles. The standard InChI is InChI=1S/C29H35ClN2O2/c1-20-18-31(14-15-32(20)29(34)22-10-5-6-11-22)19-24-13-7-12-23(28(24)30)16-27(33)26-17-25(26)21-8-3-2-4-9-21/h2-4,7-9,12-13,20,22,25-26H,5-6,10-11,14-19H2,1H3/t20-,25+,26-/m0/s1. The topological polar surface area (TPSA) is 40.6 Å². The Balaban J connectivity index is 1.17. The quantitative estimate of drug-likeness (QED) is 0.529. The molecule has 3 atom stereocenters. The summed E-state index contributed by atoms with van der Waals surface area (Å²) in [6, 6.07) is 16.6. The Morgan fingerprint density at radius 3 is 2.44 bits per heavy atom. The van der Waals surface area contributed by atoms with E-state index in [4.69, 9.17) is 11.6 Å². The van der Waals surface area contributed by atoms with Crippen LogP contribution in [0.15, 0.2) is 48.5 Å². The SMILES string of the molecule is C[C@H]1CN(Cc2cccc(CC(=O)[C@H]3C[C@@H]3c3ccccc3)c2Cl)CCN1C(=O)C1CCCC1. The highest BCUT2D eigenvalue weighted by atomic mass is 35.5. The Morgan fingerprint density at radius 1 is 0.971 bits per heavy atom. The normalized spacial score (nSPS) is 25.5. The lowest BCUT2D eigenvalue weighted by Gasteiger charge is -2.41. The molecule has 34 heavy (non-hydrogen) atoms. The van der Waals surface area contributed by atoms with Gasteiger partial charge in [0.05, 0.1) is 0 Å². The first-order chi connectivity index (χ1) is 16.5. The third-order valence-electron chi connectivity index (χ3n) is 8.05. The number of benzene rings is 2. The number of ketones is 1. The fraction of sp³-hybridized carbons (Fsp3) is 0.517. The van der Waals surface area contributed by atoms with Gasteiger partial charge < -0.3 is 4.90 Å². The molecule has 2 aromatic carbocycles. The molecule has 2 aromatic rings. The summed E-state index contributed by atoms with van der Waals surface area (Å²) < 4.78 is 0. The number of carbonyl (C=O) groups excluding carboxylic acids is 2. The van der Waals surface area contributed by atoms with Crippen LogP contribution in [0.4, 0.5) is 0 Å². The number of halogens is 1. The Kier molecular flexibility index (Phi) is 7.08. The highest BCUT2D eigenvalue weighted by Crippen LogP contribution is 2.48. The highest BCUT2D eigenvalue weighted by molar-refractivity contribution is 6.32. The number of hydrogen-bond donors (Lipinski definition) is 0. The van der Waals surface area contributed by atoms with Crippen molar-refractivity contribution in [2.24, 2.45) is 11.8 Å². The van der Waals surface area contributed by atoms with Crippen molar-refractivity contribution in [2.75, 3.05) is 19.6 Å². The lowest BCUT2D eigenvalue weighted by Crippen LogP contribution is -2.54. The van der Waals surface area contributed by atoms with Gasteiger partial charge >= 0.3 is 0 Å². The van der Waals surface area contributed by atoms with Crippen LogP contribution in [-0.2, 0) is 22.6 Å². The van der Waals surface area contributed by atoms with E-state index in [0.29, 0.717) is 24.0 Å². The van der Waals surface area contributed by atoms with E-state index in [-0.39, 0.29) is 17.9 Å². The largest absolute Gasteiger partial charge is 0.337 e. The molecule has 2 aliphatic carbocycles. The van der Waals surface area contributed by atoms with Crippen LogP contribution in [0, 0.1) is 11.8 Å². The van der Waals surface area contributed by atoms with E-state index in [9.17, 15) is 9.59 Å². The van der Waals surface area contributed by atoms with Gasteiger partial charge in [-0.3, -0.25) is 14.5 Å². The molecular weight excluding hydrogens is 444 g/mol. The molecule has 5 rings (SSSR count). The molecule has 4 nitrogen and oxygen atoms in total. The van der Waals surface area contributed by atoms with E-state index < -0.39 is 0 Å². The number of amides is 1. The molecule has 1 heterocycles. The number of Topliss-reactive ketones (excluding diaryl/α,β-unsaturated/α-hetero) is 1. The van der Waals surface area contributed by atoms with E-state index in [2.05, 4.69) is 34.9 Å². The van der Waals surface area contributed by atoms with Gasteiger partial charge in [-0.1, -0.05) is 73.0 Å². The molecule has 3 fully saturated rings. The lowest BCUT2D eigenvalue weighted by molar-refractivity contribution is -0.140. The second-order valence-corrected chi connectivity index (χ2v) is 10.9. The maximum atomic E-state index is 13.0. The van der Waals surface area contributed by atoms with Gasteiger partial charge in [0.2, 0.25) is 5.91 Å². The minimum absolute atomic E-state index is 0.119. The molecule has 1 amide bonds. The summed E-state index contributed by atoms with van der Waals surface area (Å²) in [5.74, 6) is 1.37. The zero-order valence-electron chi connectivity index (χ0n) is 20.1. The molecule has 1 aliphatic heterocycles. The van der Waals surface area contributed by atoms with Crippen LogP contribution in [0.2, 0.25) is 5.02 Å². The molecule has 0 unspecified atom stereocenters. The van der Waals surface area contributed by atoms with Crippen molar-refractivity contribution in [2.45, 2.75) is 64.0 Å². The third kappa shape index (κ3) is 5.08. The lowest BCUT2D eigenvalue weighted by atomic mass is 10.0. The molecule has 0 aromatic heterocycles. The number of piperazine rings is 1. The predicted octanol–water partition coefficient (Wildman–Crippen LogP) is 5.48. The van der Waals surface area contributed by atoms with Crippen molar-refractivity contribution in [3.05, 3.63) is 70.2 Å². The first-order valence-electron chi connectivity index (χ1n) is 12.9. The van der Waals surface area contributed by atoms with Crippen LogP contribution in [-0.4, -0.2) is 47.2 Å². The maximum Gasteiger partial charge on any atom is 0.226 e. The summed E-state index contributed by atoms with van der Waals surface area (Å²) in [5, 5.41) is 0.727. The molecule has 180 valence electrons. The molecule has 0 spiro atoms. The van der Waals surface area contributed by atoms with E-state index in [1.165, 1.54) is 18.4 Å². The van der Waals surface area contributed by atoms with Gasteiger partial charge in [0.25, 0.3) is 0 Å². The second-order valence-electron chi connectivity index (χ2n) is 10.5. The van der Waals surface area contributed by atoms with Crippen molar-refractivity contribution in [1.82, 2.24) is 9.80 Å². The fourth-order valence-corrected chi connectivity index (χ4v) is 6.23. The third-order valence-corrected chi connectivity index (χ3v) is 8.53. The molecule has 3 aliphatic rings. The molecule has 0 N–H and O–H groups in total. The average Bonchev–Trinajstić information content (AvgIpc) is 3.46. The van der Waals surface area contributed by atoms with Crippen molar-refractivity contribution in [3.8, 4) is 0 Å². The average molecular weight is 479 g/mol. The molecule has 2 saturated carbocycles. The summed E-state index contributed by atoms with van der Waals surface area (Å²) in [7, 11) is 0. The first kappa shape index (κ1) is 23.6. The van der Waals surface area contributed by atoms with E-state index in [0.717, 1.165) is 61.6 Å². The minimum atomic E-state index is 0.119. The van der Waals surface area contributed by atoms with Gasteiger partial charge in [0.15, 0.2) is 0 Å².